The monoisotopic (exact) mass is 337 g/mol. The second kappa shape index (κ2) is 5.97. The van der Waals surface area contributed by atoms with E-state index in [1.807, 2.05) is 29.2 Å². The van der Waals surface area contributed by atoms with E-state index in [1.54, 1.807) is 23.9 Å². The van der Waals surface area contributed by atoms with Crippen LogP contribution in [0.25, 0.3) is 0 Å². The predicted octanol–water partition coefficient (Wildman–Crippen LogP) is 2.11. The van der Waals surface area contributed by atoms with Gasteiger partial charge in [-0.3, -0.25) is 19.8 Å². The molecule has 1 aliphatic carbocycles. The fourth-order valence-corrected chi connectivity index (χ4v) is 4.06. The summed E-state index contributed by atoms with van der Waals surface area (Å²) in [6.45, 7) is 0.704. The molecule has 4 rings (SSSR count). The van der Waals surface area contributed by atoms with Crippen molar-refractivity contribution < 1.29 is 14.8 Å². The van der Waals surface area contributed by atoms with Gasteiger partial charge in [-0.15, -0.1) is 0 Å². The van der Waals surface area contributed by atoms with Crippen LogP contribution in [-0.2, 0) is 17.6 Å². The molecule has 1 spiro atoms. The number of carbonyl (C=O) groups is 2. The third kappa shape index (κ3) is 2.78. The van der Waals surface area contributed by atoms with E-state index in [2.05, 4.69) is 4.98 Å². The van der Waals surface area contributed by atoms with Crippen LogP contribution in [-0.4, -0.2) is 28.6 Å². The molecule has 2 amide bonds. The number of hydrogen-bond acceptors (Lipinski definition) is 4. The lowest BCUT2D eigenvalue weighted by Gasteiger charge is -2.34. The number of nitrogens with one attached hydrogen (secondary N) is 1. The van der Waals surface area contributed by atoms with Crippen molar-refractivity contribution in [3.8, 4) is 0 Å². The minimum absolute atomic E-state index is 0.0549. The molecule has 2 aliphatic rings. The number of aromatic nitrogens is 1. The molecule has 0 bridgehead atoms. The van der Waals surface area contributed by atoms with Crippen molar-refractivity contribution in [1.29, 1.82) is 0 Å². The van der Waals surface area contributed by atoms with Crippen molar-refractivity contribution in [2.45, 2.75) is 25.7 Å². The number of aryl methyl sites for hydroxylation is 1. The summed E-state index contributed by atoms with van der Waals surface area (Å²) in [7, 11) is 0. The Morgan fingerprint density at radius 3 is 2.88 bits per heavy atom. The lowest BCUT2D eigenvalue weighted by atomic mass is 9.70. The molecule has 1 aliphatic heterocycles. The number of rotatable bonds is 2. The van der Waals surface area contributed by atoms with Gasteiger partial charge in [-0.25, -0.2) is 5.48 Å². The standard InChI is InChI=1S/C19H19N3O3/c23-17-10-19(12-22(17)16-2-1-7-20-11-16)6-5-13-8-14(18(24)21-25)3-4-15(13)9-19/h1-4,7-8,11,25H,5-6,9-10,12H2,(H,21,24)/t19-/m1/s1. The maximum atomic E-state index is 12.6. The Kier molecular flexibility index (Phi) is 3.77. The minimum Gasteiger partial charge on any atom is -0.310 e. The number of hydroxylamine groups is 1. The summed E-state index contributed by atoms with van der Waals surface area (Å²) < 4.78 is 0. The number of anilines is 1. The molecule has 25 heavy (non-hydrogen) atoms. The van der Waals surface area contributed by atoms with Crippen LogP contribution in [0.15, 0.2) is 42.7 Å². The normalized spacial score (nSPS) is 22.1. The van der Waals surface area contributed by atoms with Crippen molar-refractivity contribution in [2.24, 2.45) is 5.41 Å². The van der Waals surface area contributed by atoms with Gasteiger partial charge in [0.15, 0.2) is 0 Å². The fraction of sp³-hybridized carbons (Fsp3) is 0.316. The van der Waals surface area contributed by atoms with Crippen LogP contribution in [0.2, 0.25) is 0 Å². The average molecular weight is 337 g/mol. The molecular formula is C19H19N3O3. The summed E-state index contributed by atoms with van der Waals surface area (Å²) >= 11 is 0. The van der Waals surface area contributed by atoms with E-state index < -0.39 is 5.91 Å². The van der Waals surface area contributed by atoms with E-state index in [0.717, 1.165) is 30.5 Å². The molecule has 1 aromatic carbocycles. The molecule has 1 aromatic heterocycles. The molecule has 2 heterocycles. The van der Waals surface area contributed by atoms with E-state index in [-0.39, 0.29) is 11.3 Å². The zero-order valence-corrected chi connectivity index (χ0v) is 13.7. The molecule has 2 aromatic rings. The molecule has 1 saturated heterocycles. The van der Waals surface area contributed by atoms with Crippen LogP contribution in [0, 0.1) is 5.41 Å². The highest BCUT2D eigenvalue weighted by Crippen LogP contribution is 2.44. The van der Waals surface area contributed by atoms with Gasteiger partial charge in [-0.1, -0.05) is 6.07 Å². The number of nitrogens with zero attached hydrogens (tertiary/aromatic N) is 2. The van der Waals surface area contributed by atoms with Crippen molar-refractivity contribution in [3.05, 3.63) is 59.4 Å². The summed E-state index contributed by atoms with van der Waals surface area (Å²) in [6, 6.07) is 9.26. The van der Waals surface area contributed by atoms with Crippen LogP contribution in [0.1, 0.15) is 34.3 Å². The first-order valence-corrected chi connectivity index (χ1v) is 8.37. The van der Waals surface area contributed by atoms with Gasteiger partial charge in [0.25, 0.3) is 5.91 Å². The largest absolute Gasteiger partial charge is 0.310 e. The van der Waals surface area contributed by atoms with E-state index in [1.165, 1.54) is 5.56 Å². The van der Waals surface area contributed by atoms with Crippen LogP contribution in [0.4, 0.5) is 5.69 Å². The first-order valence-electron chi connectivity index (χ1n) is 8.37. The smallest absolute Gasteiger partial charge is 0.274 e. The summed E-state index contributed by atoms with van der Waals surface area (Å²) in [5.74, 6) is -0.352. The molecule has 0 unspecified atom stereocenters. The Morgan fingerprint density at radius 1 is 1.24 bits per heavy atom. The topological polar surface area (TPSA) is 82.5 Å². The Hall–Kier alpha value is -2.73. The maximum absolute atomic E-state index is 12.6. The van der Waals surface area contributed by atoms with Gasteiger partial charge >= 0.3 is 0 Å². The van der Waals surface area contributed by atoms with Crippen molar-refractivity contribution in [1.82, 2.24) is 10.5 Å². The van der Waals surface area contributed by atoms with E-state index in [9.17, 15) is 9.59 Å². The highest BCUT2D eigenvalue weighted by molar-refractivity contribution is 5.96. The first kappa shape index (κ1) is 15.8. The molecule has 128 valence electrons. The highest BCUT2D eigenvalue weighted by atomic mass is 16.5. The highest BCUT2D eigenvalue weighted by Gasteiger charge is 2.45. The SMILES string of the molecule is O=C(NO)c1ccc2c(c1)CC[C@]1(CC(=O)N(c3cccnc3)C1)C2. The van der Waals surface area contributed by atoms with Gasteiger partial charge in [0.1, 0.15) is 0 Å². The molecule has 0 radical (unpaired) electrons. The minimum atomic E-state index is -0.498. The number of carbonyl (C=O) groups excluding carboxylic acids is 2. The number of amides is 2. The summed E-state index contributed by atoms with van der Waals surface area (Å²) in [5, 5.41) is 8.78. The molecule has 1 fully saturated rings. The van der Waals surface area contributed by atoms with Crippen LogP contribution >= 0.6 is 0 Å². The fourth-order valence-electron chi connectivity index (χ4n) is 4.06. The van der Waals surface area contributed by atoms with E-state index in [0.29, 0.717) is 18.5 Å². The molecule has 1 atom stereocenters. The number of hydrogen-bond donors (Lipinski definition) is 2. The summed E-state index contributed by atoms with van der Waals surface area (Å²) in [6.07, 6.45) is 6.54. The van der Waals surface area contributed by atoms with Crippen LogP contribution < -0.4 is 10.4 Å². The Labute approximate surface area is 145 Å². The van der Waals surface area contributed by atoms with E-state index in [4.69, 9.17) is 5.21 Å². The number of benzene rings is 1. The quantitative estimate of drug-likeness (QED) is 0.649. The Morgan fingerprint density at radius 2 is 2.12 bits per heavy atom. The zero-order chi connectivity index (χ0) is 17.4. The van der Waals surface area contributed by atoms with Crippen molar-refractivity contribution in [3.63, 3.8) is 0 Å². The third-order valence-corrected chi connectivity index (χ3v) is 5.34. The average Bonchev–Trinajstić information content (AvgIpc) is 2.97. The van der Waals surface area contributed by atoms with Gasteiger partial charge in [-0.05, 0) is 54.7 Å². The van der Waals surface area contributed by atoms with Crippen LogP contribution in [0.3, 0.4) is 0 Å². The lowest BCUT2D eigenvalue weighted by molar-refractivity contribution is -0.117. The Bertz CT molecular complexity index is 837. The van der Waals surface area contributed by atoms with Gasteiger partial charge < -0.3 is 4.90 Å². The maximum Gasteiger partial charge on any atom is 0.274 e. The van der Waals surface area contributed by atoms with Gasteiger partial charge in [-0.2, -0.15) is 0 Å². The van der Waals surface area contributed by atoms with Crippen molar-refractivity contribution >= 4 is 17.5 Å². The second-order valence-corrected chi connectivity index (χ2v) is 6.97. The number of fused-ring (bicyclic) bond motifs is 1. The predicted molar refractivity (Wildman–Crippen MR) is 91.4 cm³/mol. The molecule has 0 saturated carbocycles. The lowest BCUT2D eigenvalue weighted by Crippen LogP contribution is -2.33. The molecule has 6 heteroatoms. The molecule has 2 N–H and O–H groups in total. The van der Waals surface area contributed by atoms with Crippen molar-refractivity contribution in [2.75, 3.05) is 11.4 Å². The zero-order valence-electron chi connectivity index (χ0n) is 13.7. The van der Waals surface area contributed by atoms with Gasteiger partial charge in [0, 0.05) is 30.1 Å². The molecular weight excluding hydrogens is 318 g/mol. The summed E-state index contributed by atoms with van der Waals surface area (Å²) in [5.41, 5.74) is 5.23. The summed E-state index contributed by atoms with van der Waals surface area (Å²) in [4.78, 5) is 30.1. The van der Waals surface area contributed by atoms with Gasteiger partial charge in [0.2, 0.25) is 5.91 Å². The number of pyridine rings is 1. The Balaban J connectivity index is 1.58. The van der Waals surface area contributed by atoms with Gasteiger partial charge in [0.05, 0.1) is 11.9 Å². The molecule has 6 nitrogen and oxygen atoms in total. The first-order chi connectivity index (χ1) is 12.1. The van der Waals surface area contributed by atoms with E-state index >= 15 is 0 Å². The van der Waals surface area contributed by atoms with Crippen LogP contribution in [0.5, 0.6) is 0 Å². The second-order valence-electron chi connectivity index (χ2n) is 6.97. The third-order valence-electron chi connectivity index (χ3n) is 5.34.